The van der Waals surface area contributed by atoms with E-state index in [0.717, 1.165) is 0 Å². The number of anilines is 1. The number of nitrogens with zero attached hydrogens (tertiary/aromatic N) is 4. The number of ether oxygens (including phenoxy) is 1. The number of hydrogen-bond acceptors (Lipinski definition) is 4. The molecule has 2 aromatic carbocycles. The van der Waals surface area contributed by atoms with E-state index in [0.29, 0.717) is 41.5 Å². The number of carbonyl (C=O) groups is 1. The summed E-state index contributed by atoms with van der Waals surface area (Å²) in [6.07, 6.45) is 0. The van der Waals surface area contributed by atoms with Gasteiger partial charge >= 0.3 is 0 Å². The minimum absolute atomic E-state index is 0.182. The van der Waals surface area contributed by atoms with Crippen LogP contribution in [0.1, 0.15) is 21.7 Å². The summed E-state index contributed by atoms with van der Waals surface area (Å²) < 4.78 is 20.5. The normalized spacial score (nSPS) is 13.2. The van der Waals surface area contributed by atoms with Crippen molar-refractivity contribution < 1.29 is 13.9 Å². The van der Waals surface area contributed by atoms with E-state index in [1.807, 2.05) is 0 Å². The molecule has 0 aliphatic carbocycles. The lowest BCUT2D eigenvalue weighted by Crippen LogP contribution is -2.40. The minimum Gasteiger partial charge on any atom is -0.487 e. The van der Waals surface area contributed by atoms with Crippen molar-refractivity contribution in [3.05, 3.63) is 77.4 Å². The number of halogens is 1. The first kappa shape index (κ1) is 16.8. The van der Waals surface area contributed by atoms with E-state index in [-0.39, 0.29) is 18.3 Å². The Labute approximate surface area is 155 Å². The number of carbonyl (C=O) groups excluding carboxylic acids is 1. The summed E-state index contributed by atoms with van der Waals surface area (Å²) in [4.78, 5) is 14.4. The predicted molar refractivity (Wildman–Crippen MR) is 95.8 cm³/mol. The van der Waals surface area contributed by atoms with Crippen LogP contribution in [0.15, 0.2) is 54.6 Å². The van der Waals surface area contributed by atoms with Crippen LogP contribution in [0.25, 0.3) is 0 Å². The Morgan fingerprint density at radius 2 is 1.96 bits per heavy atom. The van der Waals surface area contributed by atoms with Crippen LogP contribution in [0.5, 0.6) is 5.75 Å². The lowest BCUT2D eigenvalue weighted by molar-refractivity contribution is 0.0962. The van der Waals surface area contributed by atoms with Gasteiger partial charge in [0.05, 0.1) is 18.2 Å². The summed E-state index contributed by atoms with van der Waals surface area (Å²) in [6, 6.07) is 16.5. The average molecular weight is 362 g/mol. The molecule has 0 saturated carbocycles. The summed E-state index contributed by atoms with van der Waals surface area (Å²) in [7, 11) is 0. The highest BCUT2D eigenvalue weighted by Crippen LogP contribution is 2.22. The van der Waals surface area contributed by atoms with Crippen LogP contribution in [0.4, 0.5) is 10.1 Å². The molecule has 134 valence electrons. The maximum absolute atomic E-state index is 13.1. The van der Waals surface area contributed by atoms with Crippen molar-refractivity contribution in [3.63, 3.8) is 0 Å². The van der Waals surface area contributed by atoms with Gasteiger partial charge in [-0.25, -0.2) is 4.39 Å². The van der Waals surface area contributed by atoms with E-state index in [1.165, 1.54) is 12.1 Å². The van der Waals surface area contributed by atoms with Crippen LogP contribution in [0.3, 0.4) is 0 Å². The Morgan fingerprint density at radius 1 is 1.15 bits per heavy atom. The van der Waals surface area contributed by atoms with Gasteiger partial charge in [-0.1, -0.05) is 6.07 Å². The SMILES string of the molecule is N#Cc1cccc(OCc2cc3n(n2)CCN(c2ccc(F)cc2)C3=O)c1. The van der Waals surface area contributed by atoms with Gasteiger partial charge in [0.15, 0.2) is 0 Å². The second kappa shape index (κ2) is 6.92. The number of amides is 1. The first-order valence-electron chi connectivity index (χ1n) is 8.41. The third-order valence-corrected chi connectivity index (χ3v) is 4.32. The van der Waals surface area contributed by atoms with Gasteiger partial charge in [-0.3, -0.25) is 9.48 Å². The number of benzene rings is 2. The Bertz CT molecular complexity index is 1040. The monoisotopic (exact) mass is 362 g/mol. The smallest absolute Gasteiger partial charge is 0.276 e. The number of rotatable bonds is 4. The second-order valence-electron chi connectivity index (χ2n) is 6.11. The van der Waals surface area contributed by atoms with Crippen molar-refractivity contribution in [3.8, 4) is 11.8 Å². The number of aromatic nitrogens is 2. The van der Waals surface area contributed by atoms with Gasteiger partial charge in [-0.2, -0.15) is 10.4 Å². The van der Waals surface area contributed by atoms with Gasteiger partial charge in [-0.15, -0.1) is 0 Å². The van der Waals surface area contributed by atoms with E-state index < -0.39 is 0 Å². The van der Waals surface area contributed by atoms with Crippen molar-refractivity contribution in [2.24, 2.45) is 0 Å². The third-order valence-electron chi connectivity index (χ3n) is 4.32. The fourth-order valence-corrected chi connectivity index (χ4v) is 3.00. The van der Waals surface area contributed by atoms with Crippen molar-refractivity contribution >= 4 is 11.6 Å². The highest BCUT2D eigenvalue weighted by atomic mass is 19.1. The Hall–Kier alpha value is -3.66. The molecule has 0 unspecified atom stereocenters. The first-order valence-corrected chi connectivity index (χ1v) is 8.41. The van der Waals surface area contributed by atoms with Crippen LogP contribution < -0.4 is 9.64 Å². The van der Waals surface area contributed by atoms with E-state index >= 15 is 0 Å². The quantitative estimate of drug-likeness (QED) is 0.715. The van der Waals surface area contributed by atoms with Crippen molar-refractivity contribution in [2.45, 2.75) is 13.2 Å². The number of fused-ring (bicyclic) bond motifs is 1. The van der Waals surface area contributed by atoms with Crippen LogP contribution in [-0.2, 0) is 13.2 Å². The highest BCUT2D eigenvalue weighted by Gasteiger charge is 2.27. The van der Waals surface area contributed by atoms with Crippen LogP contribution >= 0.6 is 0 Å². The summed E-state index contributed by atoms with van der Waals surface area (Å²) in [5.74, 6) is 0.0468. The fourth-order valence-electron chi connectivity index (χ4n) is 3.00. The molecule has 0 atom stereocenters. The molecule has 1 aromatic heterocycles. The number of nitriles is 1. The Kier molecular flexibility index (Phi) is 4.30. The van der Waals surface area contributed by atoms with E-state index in [4.69, 9.17) is 10.00 Å². The molecule has 3 aromatic rings. The summed E-state index contributed by atoms with van der Waals surface area (Å²) >= 11 is 0. The predicted octanol–water partition coefficient (Wildman–Crippen LogP) is 3.13. The third kappa shape index (κ3) is 3.37. The lowest BCUT2D eigenvalue weighted by atomic mass is 10.2. The standard InChI is InChI=1S/C20H15FN4O2/c21-15-4-6-17(7-5-15)24-8-9-25-19(20(24)26)11-16(23-25)13-27-18-3-1-2-14(10-18)12-22/h1-7,10-11H,8-9,13H2. The maximum atomic E-state index is 13.1. The topological polar surface area (TPSA) is 71.2 Å². The van der Waals surface area contributed by atoms with Gasteiger partial charge in [-0.05, 0) is 48.5 Å². The lowest BCUT2D eigenvalue weighted by Gasteiger charge is -2.27. The zero-order valence-electron chi connectivity index (χ0n) is 14.3. The zero-order valence-corrected chi connectivity index (χ0v) is 14.3. The molecule has 4 rings (SSSR count). The highest BCUT2D eigenvalue weighted by molar-refractivity contribution is 6.05. The second-order valence-corrected chi connectivity index (χ2v) is 6.11. The molecule has 1 amide bonds. The summed E-state index contributed by atoms with van der Waals surface area (Å²) in [6.45, 7) is 1.20. The summed E-state index contributed by atoms with van der Waals surface area (Å²) in [5.41, 5.74) is 2.26. The first-order chi connectivity index (χ1) is 13.1. The fraction of sp³-hybridized carbons (Fsp3) is 0.150. The average Bonchev–Trinajstić information content (AvgIpc) is 3.12. The van der Waals surface area contributed by atoms with Crippen molar-refractivity contribution in [2.75, 3.05) is 11.4 Å². The Morgan fingerprint density at radius 3 is 2.74 bits per heavy atom. The van der Waals surface area contributed by atoms with Gasteiger partial charge in [0.1, 0.15) is 29.6 Å². The number of hydrogen-bond donors (Lipinski definition) is 0. The van der Waals surface area contributed by atoms with Crippen LogP contribution in [0.2, 0.25) is 0 Å². The van der Waals surface area contributed by atoms with Gasteiger partial charge in [0.25, 0.3) is 5.91 Å². The van der Waals surface area contributed by atoms with Crippen LogP contribution in [-0.4, -0.2) is 22.2 Å². The molecule has 0 fully saturated rings. The molecule has 6 nitrogen and oxygen atoms in total. The molecule has 27 heavy (non-hydrogen) atoms. The van der Waals surface area contributed by atoms with E-state index in [2.05, 4.69) is 11.2 Å². The Balaban J connectivity index is 1.50. The van der Waals surface area contributed by atoms with Gasteiger partial charge in [0.2, 0.25) is 0 Å². The maximum Gasteiger partial charge on any atom is 0.276 e. The molecule has 1 aliphatic rings. The molecular formula is C20H15FN4O2. The molecule has 1 aliphatic heterocycles. The molecule has 0 saturated heterocycles. The summed E-state index contributed by atoms with van der Waals surface area (Å²) in [5, 5.41) is 13.4. The minimum atomic E-state index is -0.340. The largest absolute Gasteiger partial charge is 0.487 e. The molecule has 7 heteroatoms. The molecule has 0 radical (unpaired) electrons. The van der Waals surface area contributed by atoms with E-state index in [1.54, 1.807) is 52.0 Å². The van der Waals surface area contributed by atoms with Crippen molar-refractivity contribution in [1.82, 2.24) is 9.78 Å². The van der Waals surface area contributed by atoms with Crippen LogP contribution in [0, 0.1) is 17.1 Å². The van der Waals surface area contributed by atoms with E-state index in [9.17, 15) is 9.18 Å². The molecule has 2 heterocycles. The van der Waals surface area contributed by atoms with Crippen molar-refractivity contribution in [1.29, 1.82) is 5.26 Å². The molecule has 0 N–H and O–H groups in total. The zero-order chi connectivity index (χ0) is 18.8. The molecule has 0 spiro atoms. The molecule has 0 bridgehead atoms. The molecular weight excluding hydrogens is 347 g/mol. The van der Waals surface area contributed by atoms with Gasteiger partial charge in [0, 0.05) is 12.2 Å². The van der Waals surface area contributed by atoms with Gasteiger partial charge < -0.3 is 9.64 Å².